The van der Waals surface area contributed by atoms with Crippen LogP contribution in [-0.4, -0.2) is 16.1 Å². The Morgan fingerprint density at radius 3 is 2.84 bits per heavy atom. The van der Waals surface area contributed by atoms with E-state index in [4.69, 9.17) is 0 Å². The number of hydrogen-bond acceptors (Lipinski definition) is 2. The second kappa shape index (κ2) is 5.17. The average Bonchev–Trinajstić information content (AvgIpc) is 3.05. The fourth-order valence-electron chi connectivity index (χ4n) is 2.26. The number of halogens is 1. The lowest BCUT2D eigenvalue weighted by Crippen LogP contribution is -2.25. The van der Waals surface area contributed by atoms with Crippen molar-refractivity contribution in [1.82, 2.24) is 15.5 Å². The summed E-state index contributed by atoms with van der Waals surface area (Å²) < 4.78 is 1.07. The number of nitrogens with one attached hydrogen (secondary N) is 2. The van der Waals surface area contributed by atoms with Gasteiger partial charge in [-0.05, 0) is 36.1 Å². The first-order chi connectivity index (χ1) is 9.24. The molecule has 5 heteroatoms. The van der Waals surface area contributed by atoms with Crippen LogP contribution in [0.2, 0.25) is 0 Å². The number of amides is 1. The Kier molecular flexibility index (Phi) is 3.38. The number of carbonyl (C=O) groups excluding carboxylic acids is 1. The molecule has 2 atom stereocenters. The molecular formula is C14H14BrN3O. The number of H-pyrrole nitrogens is 1. The maximum atomic E-state index is 12.0. The SMILES string of the molecule is O=C(NCc1ccn[nH]1)[C@@H]1C[C@@H]1c1ccc(Br)cc1. The second-order valence-electron chi connectivity index (χ2n) is 4.80. The average molecular weight is 320 g/mol. The maximum absolute atomic E-state index is 12.0. The molecule has 0 bridgehead atoms. The number of aromatic amines is 1. The highest BCUT2D eigenvalue weighted by atomic mass is 79.9. The van der Waals surface area contributed by atoms with Crippen molar-refractivity contribution < 1.29 is 4.79 Å². The van der Waals surface area contributed by atoms with Crippen molar-refractivity contribution in [3.8, 4) is 0 Å². The molecule has 98 valence electrons. The molecule has 1 aromatic carbocycles. The minimum atomic E-state index is 0.115. The molecule has 0 aliphatic heterocycles. The summed E-state index contributed by atoms with van der Waals surface area (Å²) in [4.78, 5) is 12.0. The van der Waals surface area contributed by atoms with Crippen LogP contribution in [0.1, 0.15) is 23.6 Å². The zero-order chi connectivity index (χ0) is 13.2. The first kappa shape index (κ1) is 12.4. The Labute approximate surface area is 119 Å². The fraction of sp³-hybridized carbons (Fsp3) is 0.286. The highest BCUT2D eigenvalue weighted by molar-refractivity contribution is 9.10. The highest BCUT2D eigenvalue weighted by Gasteiger charge is 2.43. The molecule has 1 aromatic heterocycles. The van der Waals surface area contributed by atoms with Crippen molar-refractivity contribution in [2.75, 3.05) is 0 Å². The molecule has 2 N–H and O–H groups in total. The highest BCUT2D eigenvalue weighted by Crippen LogP contribution is 2.47. The lowest BCUT2D eigenvalue weighted by Gasteiger charge is -2.03. The quantitative estimate of drug-likeness (QED) is 0.910. The molecular weight excluding hydrogens is 306 g/mol. The van der Waals surface area contributed by atoms with Gasteiger partial charge in [-0.15, -0.1) is 0 Å². The van der Waals surface area contributed by atoms with Crippen LogP contribution in [0.3, 0.4) is 0 Å². The summed E-state index contributed by atoms with van der Waals surface area (Å²) in [6.07, 6.45) is 2.62. The third-order valence-electron chi connectivity index (χ3n) is 3.44. The molecule has 2 aromatic rings. The summed E-state index contributed by atoms with van der Waals surface area (Å²) in [6.45, 7) is 0.516. The summed E-state index contributed by atoms with van der Waals surface area (Å²) in [5, 5.41) is 9.62. The van der Waals surface area contributed by atoms with Crippen LogP contribution in [0.25, 0.3) is 0 Å². The summed E-state index contributed by atoms with van der Waals surface area (Å²) in [5.41, 5.74) is 2.17. The Balaban J connectivity index is 1.54. The van der Waals surface area contributed by atoms with Gasteiger partial charge in [-0.25, -0.2) is 0 Å². The normalized spacial score (nSPS) is 21.1. The van der Waals surface area contributed by atoms with E-state index in [2.05, 4.69) is 43.6 Å². The first-order valence-electron chi connectivity index (χ1n) is 6.25. The number of rotatable bonds is 4. The van der Waals surface area contributed by atoms with Gasteiger partial charge in [-0.2, -0.15) is 5.10 Å². The zero-order valence-corrected chi connectivity index (χ0v) is 11.9. The van der Waals surface area contributed by atoms with Gasteiger partial charge in [0, 0.05) is 16.6 Å². The van der Waals surface area contributed by atoms with Crippen LogP contribution >= 0.6 is 15.9 Å². The van der Waals surface area contributed by atoms with Gasteiger partial charge >= 0.3 is 0 Å². The monoisotopic (exact) mass is 319 g/mol. The van der Waals surface area contributed by atoms with Gasteiger partial charge in [-0.3, -0.25) is 9.89 Å². The number of carbonyl (C=O) groups is 1. The van der Waals surface area contributed by atoms with Gasteiger partial charge < -0.3 is 5.32 Å². The van der Waals surface area contributed by atoms with Gasteiger partial charge in [0.1, 0.15) is 0 Å². The Bertz CT molecular complexity index is 565. The first-order valence-corrected chi connectivity index (χ1v) is 7.05. The topological polar surface area (TPSA) is 57.8 Å². The van der Waals surface area contributed by atoms with Gasteiger partial charge in [0.2, 0.25) is 5.91 Å². The van der Waals surface area contributed by atoms with E-state index in [1.165, 1.54) is 5.56 Å². The van der Waals surface area contributed by atoms with Crippen molar-refractivity contribution in [3.63, 3.8) is 0 Å². The van der Waals surface area contributed by atoms with E-state index in [9.17, 15) is 4.79 Å². The molecule has 4 nitrogen and oxygen atoms in total. The van der Waals surface area contributed by atoms with Gasteiger partial charge in [0.25, 0.3) is 0 Å². The van der Waals surface area contributed by atoms with Crippen LogP contribution in [0.4, 0.5) is 0 Å². The van der Waals surface area contributed by atoms with Crippen LogP contribution in [0, 0.1) is 5.92 Å². The second-order valence-corrected chi connectivity index (χ2v) is 5.72. The molecule has 1 aliphatic carbocycles. The van der Waals surface area contributed by atoms with E-state index in [-0.39, 0.29) is 11.8 Å². The van der Waals surface area contributed by atoms with Gasteiger partial charge in [0.15, 0.2) is 0 Å². The van der Waals surface area contributed by atoms with E-state index < -0.39 is 0 Å². The third kappa shape index (κ3) is 2.87. The van der Waals surface area contributed by atoms with E-state index in [1.807, 2.05) is 18.2 Å². The predicted molar refractivity (Wildman–Crippen MR) is 75.4 cm³/mol. The van der Waals surface area contributed by atoms with E-state index in [0.717, 1.165) is 16.6 Å². The molecule has 1 saturated carbocycles. The largest absolute Gasteiger partial charge is 0.350 e. The lowest BCUT2D eigenvalue weighted by atomic mass is 10.1. The van der Waals surface area contributed by atoms with E-state index >= 15 is 0 Å². The number of benzene rings is 1. The predicted octanol–water partition coefficient (Wildman–Crippen LogP) is 2.59. The number of aromatic nitrogens is 2. The Morgan fingerprint density at radius 1 is 1.37 bits per heavy atom. The molecule has 1 fully saturated rings. The maximum Gasteiger partial charge on any atom is 0.224 e. The molecule has 0 unspecified atom stereocenters. The van der Waals surface area contributed by atoms with Crippen LogP contribution in [-0.2, 0) is 11.3 Å². The van der Waals surface area contributed by atoms with Crippen LogP contribution in [0.15, 0.2) is 41.0 Å². The molecule has 0 saturated heterocycles. The lowest BCUT2D eigenvalue weighted by molar-refractivity contribution is -0.122. The van der Waals surface area contributed by atoms with E-state index in [0.29, 0.717) is 12.5 Å². The number of nitrogens with zero attached hydrogens (tertiary/aromatic N) is 1. The summed E-state index contributed by atoms with van der Waals surface area (Å²) >= 11 is 3.42. The van der Waals surface area contributed by atoms with Crippen LogP contribution in [0.5, 0.6) is 0 Å². The molecule has 1 amide bonds. The zero-order valence-electron chi connectivity index (χ0n) is 10.3. The standard InChI is InChI=1S/C14H14BrN3O/c15-10-3-1-9(2-4-10)12-7-13(12)14(19)16-8-11-5-6-17-18-11/h1-6,12-13H,7-8H2,(H,16,19)(H,17,18)/t12-,13-/m1/s1. The minimum Gasteiger partial charge on any atom is -0.350 e. The number of hydrogen-bond donors (Lipinski definition) is 2. The van der Waals surface area contributed by atoms with Crippen molar-refractivity contribution in [1.29, 1.82) is 0 Å². The van der Waals surface area contributed by atoms with Crippen molar-refractivity contribution in [2.45, 2.75) is 18.9 Å². The molecule has 0 radical (unpaired) electrons. The van der Waals surface area contributed by atoms with Crippen LogP contribution < -0.4 is 5.32 Å². The smallest absolute Gasteiger partial charge is 0.224 e. The third-order valence-corrected chi connectivity index (χ3v) is 3.97. The molecule has 1 heterocycles. The summed E-state index contributed by atoms with van der Waals surface area (Å²) in [7, 11) is 0. The molecule has 19 heavy (non-hydrogen) atoms. The van der Waals surface area contributed by atoms with E-state index in [1.54, 1.807) is 6.20 Å². The summed E-state index contributed by atoms with van der Waals surface area (Å²) in [6, 6.07) is 10.1. The summed E-state index contributed by atoms with van der Waals surface area (Å²) in [5.74, 6) is 0.612. The van der Waals surface area contributed by atoms with Gasteiger partial charge in [-0.1, -0.05) is 28.1 Å². The fourth-order valence-corrected chi connectivity index (χ4v) is 2.52. The molecule has 3 rings (SSSR count). The molecule has 1 aliphatic rings. The molecule has 0 spiro atoms. The van der Waals surface area contributed by atoms with Crippen molar-refractivity contribution in [2.24, 2.45) is 5.92 Å². The Hall–Kier alpha value is -1.62. The van der Waals surface area contributed by atoms with Gasteiger partial charge in [0.05, 0.1) is 12.2 Å². The van der Waals surface area contributed by atoms with Crippen molar-refractivity contribution in [3.05, 3.63) is 52.3 Å². The van der Waals surface area contributed by atoms with Crippen molar-refractivity contribution >= 4 is 21.8 Å². The Morgan fingerprint density at radius 2 is 2.16 bits per heavy atom. The minimum absolute atomic E-state index is 0.115.